The molecule has 3 rings (SSSR count). The molecular weight excluding hydrogens is 228 g/mol. The third kappa shape index (κ3) is 0.985. The average Bonchev–Trinajstić information content (AvgIpc) is 2.60. The van der Waals surface area contributed by atoms with Crippen molar-refractivity contribution < 1.29 is 4.74 Å². The van der Waals surface area contributed by atoms with Crippen molar-refractivity contribution in [2.24, 2.45) is 0 Å². The summed E-state index contributed by atoms with van der Waals surface area (Å²) in [4.78, 5) is 0. The molecule has 1 aliphatic heterocycles. The SMILES string of the molecule is BrC1=CC2=Cc3ccccc3C2O1. The zero-order valence-corrected chi connectivity index (χ0v) is 8.41. The number of hydrogen-bond acceptors (Lipinski definition) is 1. The maximum atomic E-state index is 5.62. The van der Waals surface area contributed by atoms with Crippen LogP contribution in [0.2, 0.25) is 0 Å². The molecule has 13 heavy (non-hydrogen) atoms. The second-order valence-electron chi connectivity index (χ2n) is 3.22. The highest BCUT2D eigenvalue weighted by Crippen LogP contribution is 2.44. The number of benzene rings is 1. The van der Waals surface area contributed by atoms with Crippen LogP contribution < -0.4 is 0 Å². The molecule has 0 fully saturated rings. The van der Waals surface area contributed by atoms with Crippen molar-refractivity contribution in [1.82, 2.24) is 0 Å². The fourth-order valence-corrected chi connectivity index (χ4v) is 2.29. The molecular formula is C11H7BrO. The first kappa shape index (κ1) is 7.39. The number of halogens is 1. The molecule has 0 saturated heterocycles. The maximum absolute atomic E-state index is 5.62. The van der Waals surface area contributed by atoms with E-state index in [2.05, 4.69) is 40.2 Å². The summed E-state index contributed by atoms with van der Waals surface area (Å²) in [7, 11) is 0. The monoisotopic (exact) mass is 234 g/mol. The first-order chi connectivity index (χ1) is 6.34. The highest BCUT2D eigenvalue weighted by molar-refractivity contribution is 9.11. The van der Waals surface area contributed by atoms with E-state index in [-0.39, 0.29) is 6.10 Å². The summed E-state index contributed by atoms with van der Waals surface area (Å²) in [5.41, 5.74) is 3.79. The van der Waals surface area contributed by atoms with Gasteiger partial charge in [-0.05, 0) is 33.6 Å². The van der Waals surface area contributed by atoms with Crippen molar-refractivity contribution in [2.45, 2.75) is 6.10 Å². The van der Waals surface area contributed by atoms with Crippen LogP contribution in [0.1, 0.15) is 17.2 Å². The minimum atomic E-state index is 0.130. The van der Waals surface area contributed by atoms with Gasteiger partial charge < -0.3 is 4.74 Å². The van der Waals surface area contributed by atoms with Crippen molar-refractivity contribution in [1.29, 1.82) is 0 Å². The molecule has 1 aromatic carbocycles. The smallest absolute Gasteiger partial charge is 0.164 e. The van der Waals surface area contributed by atoms with E-state index < -0.39 is 0 Å². The largest absolute Gasteiger partial charge is 0.474 e. The van der Waals surface area contributed by atoms with Gasteiger partial charge in [-0.2, -0.15) is 0 Å². The molecule has 1 atom stereocenters. The average molecular weight is 235 g/mol. The van der Waals surface area contributed by atoms with Crippen LogP contribution in [-0.4, -0.2) is 0 Å². The van der Waals surface area contributed by atoms with Crippen molar-refractivity contribution >= 4 is 22.0 Å². The molecule has 1 aromatic rings. The van der Waals surface area contributed by atoms with Crippen molar-refractivity contribution in [3.8, 4) is 0 Å². The van der Waals surface area contributed by atoms with E-state index in [0.29, 0.717) is 0 Å². The molecule has 1 nitrogen and oxygen atoms in total. The Labute approximate surface area is 84.8 Å². The van der Waals surface area contributed by atoms with Gasteiger partial charge in [-0.1, -0.05) is 24.3 Å². The molecule has 0 radical (unpaired) electrons. The topological polar surface area (TPSA) is 9.23 Å². The highest BCUT2D eigenvalue weighted by atomic mass is 79.9. The first-order valence-electron chi connectivity index (χ1n) is 4.19. The molecule has 1 heterocycles. The van der Waals surface area contributed by atoms with Crippen LogP contribution in [0.15, 0.2) is 40.6 Å². The molecule has 1 aliphatic carbocycles. The Hall–Kier alpha value is -1.02. The Morgan fingerprint density at radius 2 is 2.00 bits per heavy atom. The zero-order valence-electron chi connectivity index (χ0n) is 6.83. The van der Waals surface area contributed by atoms with Gasteiger partial charge in [-0.25, -0.2) is 0 Å². The Bertz CT molecular complexity index is 431. The standard InChI is InChI=1S/C11H7BrO/c12-10-6-8-5-7-3-1-2-4-9(7)11(8)13-10/h1-6,11H. The van der Waals surface area contributed by atoms with Gasteiger partial charge in [0, 0.05) is 11.1 Å². The van der Waals surface area contributed by atoms with E-state index in [1.165, 1.54) is 16.7 Å². The summed E-state index contributed by atoms with van der Waals surface area (Å²) < 4.78 is 6.45. The maximum Gasteiger partial charge on any atom is 0.164 e. The van der Waals surface area contributed by atoms with Crippen LogP contribution in [0.3, 0.4) is 0 Å². The van der Waals surface area contributed by atoms with Crippen LogP contribution in [0.5, 0.6) is 0 Å². The van der Waals surface area contributed by atoms with E-state index >= 15 is 0 Å². The van der Waals surface area contributed by atoms with Crippen molar-refractivity contribution in [3.63, 3.8) is 0 Å². The number of ether oxygens (including phenoxy) is 1. The Morgan fingerprint density at radius 3 is 2.92 bits per heavy atom. The molecule has 0 bridgehead atoms. The zero-order chi connectivity index (χ0) is 8.84. The second kappa shape index (κ2) is 2.48. The molecule has 1 unspecified atom stereocenters. The molecule has 2 aliphatic rings. The van der Waals surface area contributed by atoms with E-state index in [1.807, 2.05) is 12.1 Å². The van der Waals surface area contributed by atoms with E-state index in [1.54, 1.807) is 0 Å². The first-order valence-corrected chi connectivity index (χ1v) is 4.98. The minimum Gasteiger partial charge on any atom is -0.474 e. The van der Waals surface area contributed by atoms with Gasteiger partial charge in [0.1, 0.15) is 0 Å². The number of fused-ring (bicyclic) bond motifs is 3. The third-order valence-corrected chi connectivity index (χ3v) is 2.83. The quantitative estimate of drug-likeness (QED) is 0.669. The molecule has 0 aromatic heterocycles. The summed E-state index contributed by atoms with van der Waals surface area (Å²) in [5.74, 6) is 0. The normalized spacial score (nSPS) is 23.0. The Balaban J connectivity index is 2.16. The van der Waals surface area contributed by atoms with Crippen LogP contribution in [0, 0.1) is 0 Å². The molecule has 64 valence electrons. The summed E-state index contributed by atoms with van der Waals surface area (Å²) in [6.07, 6.45) is 4.34. The lowest BCUT2D eigenvalue weighted by Crippen LogP contribution is -1.94. The van der Waals surface area contributed by atoms with Crippen LogP contribution in [0.25, 0.3) is 6.08 Å². The van der Waals surface area contributed by atoms with Gasteiger partial charge in [0.25, 0.3) is 0 Å². The molecule has 0 saturated carbocycles. The lowest BCUT2D eigenvalue weighted by atomic mass is 10.1. The fourth-order valence-electron chi connectivity index (χ4n) is 1.84. The van der Waals surface area contributed by atoms with Crippen LogP contribution in [-0.2, 0) is 4.74 Å². The molecule has 0 N–H and O–H groups in total. The number of rotatable bonds is 0. The second-order valence-corrected chi connectivity index (χ2v) is 4.00. The van der Waals surface area contributed by atoms with E-state index in [4.69, 9.17) is 4.74 Å². The summed E-state index contributed by atoms with van der Waals surface area (Å²) in [5, 5.41) is 0. The van der Waals surface area contributed by atoms with Crippen LogP contribution >= 0.6 is 15.9 Å². The van der Waals surface area contributed by atoms with Gasteiger partial charge in [0.05, 0.1) is 0 Å². The lowest BCUT2D eigenvalue weighted by Gasteiger charge is -2.09. The van der Waals surface area contributed by atoms with Gasteiger partial charge in [-0.3, -0.25) is 0 Å². The molecule has 0 amide bonds. The Morgan fingerprint density at radius 1 is 1.15 bits per heavy atom. The third-order valence-electron chi connectivity index (χ3n) is 2.41. The van der Waals surface area contributed by atoms with Gasteiger partial charge in [-0.15, -0.1) is 0 Å². The van der Waals surface area contributed by atoms with Crippen molar-refractivity contribution in [2.75, 3.05) is 0 Å². The predicted molar refractivity (Wildman–Crippen MR) is 55.3 cm³/mol. The van der Waals surface area contributed by atoms with Crippen LogP contribution in [0.4, 0.5) is 0 Å². The minimum absolute atomic E-state index is 0.130. The van der Waals surface area contributed by atoms with Crippen molar-refractivity contribution in [3.05, 3.63) is 51.7 Å². The fraction of sp³-hybridized carbons (Fsp3) is 0.0909. The molecule has 0 spiro atoms. The summed E-state index contributed by atoms with van der Waals surface area (Å²) >= 11 is 3.34. The van der Waals surface area contributed by atoms with E-state index in [9.17, 15) is 0 Å². The number of hydrogen-bond donors (Lipinski definition) is 0. The van der Waals surface area contributed by atoms with Gasteiger partial charge in [0.2, 0.25) is 0 Å². The summed E-state index contributed by atoms with van der Waals surface area (Å²) in [6.45, 7) is 0. The van der Waals surface area contributed by atoms with Gasteiger partial charge >= 0.3 is 0 Å². The van der Waals surface area contributed by atoms with Gasteiger partial charge in [0.15, 0.2) is 10.8 Å². The highest BCUT2D eigenvalue weighted by Gasteiger charge is 2.30. The molecule has 2 heteroatoms. The van der Waals surface area contributed by atoms with E-state index in [0.717, 1.165) is 4.67 Å². The Kier molecular flexibility index (Phi) is 1.41. The predicted octanol–water partition coefficient (Wildman–Crippen LogP) is 3.39. The lowest BCUT2D eigenvalue weighted by molar-refractivity contribution is 0.196. The summed E-state index contributed by atoms with van der Waals surface area (Å²) in [6, 6.07) is 8.33.